The van der Waals surface area contributed by atoms with E-state index in [1.165, 1.54) is 0 Å². The Bertz CT molecular complexity index is 266. The molecule has 1 atom stereocenters. The summed E-state index contributed by atoms with van der Waals surface area (Å²) in [5.74, 6) is -6.83. The van der Waals surface area contributed by atoms with Gasteiger partial charge in [0.15, 0.2) is 0 Å². The average molecular weight is 245 g/mol. The van der Waals surface area contributed by atoms with Gasteiger partial charge in [0.25, 0.3) is 5.91 Å². The van der Waals surface area contributed by atoms with Crippen LogP contribution in [0.5, 0.6) is 0 Å². The van der Waals surface area contributed by atoms with E-state index in [1.807, 2.05) is 0 Å². The molecule has 1 saturated heterocycles. The van der Waals surface area contributed by atoms with E-state index in [0.29, 0.717) is 0 Å². The Kier molecular flexibility index (Phi) is 3.74. The first kappa shape index (κ1) is 13.2. The number of aliphatic hydroxyl groups is 1. The molecule has 1 amide bonds. The number of alkyl halides is 4. The largest absolute Gasteiger partial charge is 0.386 e. The molecule has 0 aliphatic carbocycles. The quantitative estimate of drug-likeness (QED) is 0.693. The third-order valence-electron chi connectivity index (χ3n) is 2.24. The first-order valence-electron chi connectivity index (χ1n) is 4.52. The van der Waals surface area contributed by atoms with Crippen molar-refractivity contribution < 1.29 is 32.2 Å². The fourth-order valence-corrected chi connectivity index (χ4v) is 1.20. The molecule has 1 rings (SSSR count). The Morgan fingerprint density at radius 3 is 2.62 bits per heavy atom. The summed E-state index contributed by atoms with van der Waals surface area (Å²) >= 11 is 0. The van der Waals surface area contributed by atoms with Gasteiger partial charge in [-0.25, -0.2) is 8.78 Å². The maximum absolute atomic E-state index is 12.5. The number of carbonyl (C=O) groups is 1. The summed E-state index contributed by atoms with van der Waals surface area (Å²) in [4.78, 5) is 10.7. The zero-order valence-electron chi connectivity index (χ0n) is 8.18. The fraction of sp³-hybridized carbons (Fsp3) is 0.875. The number of halogens is 4. The number of rotatable bonds is 4. The van der Waals surface area contributed by atoms with Crippen LogP contribution in [-0.2, 0) is 9.53 Å². The number of carbonyl (C=O) groups excluding carboxylic acids is 1. The van der Waals surface area contributed by atoms with Crippen molar-refractivity contribution in [3.05, 3.63) is 0 Å². The normalized spacial score (nSPS) is 26.1. The van der Waals surface area contributed by atoms with Crippen LogP contribution < -0.4 is 5.32 Å². The summed E-state index contributed by atoms with van der Waals surface area (Å²) in [6.45, 7) is -0.417. The second-order valence-electron chi connectivity index (χ2n) is 3.63. The van der Waals surface area contributed by atoms with Crippen molar-refractivity contribution in [1.29, 1.82) is 0 Å². The zero-order chi connectivity index (χ0) is 12.4. The number of nitrogens with one attached hydrogen (secondary N) is 1. The Morgan fingerprint density at radius 2 is 2.19 bits per heavy atom. The van der Waals surface area contributed by atoms with Crippen molar-refractivity contribution in [2.45, 2.75) is 24.4 Å². The molecule has 4 nitrogen and oxygen atoms in total. The smallest absolute Gasteiger partial charge is 0.383 e. The summed E-state index contributed by atoms with van der Waals surface area (Å²) in [5.41, 5.74) is -1.45. The SMILES string of the molecule is O=C(NCC1(O)CCOC1)C(F)(F)C(F)F. The van der Waals surface area contributed by atoms with Gasteiger partial charge in [-0.3, -0.25) is 4.79 Å². The van der Waals surface area contributed by atoms with E-state index in [2.05, 4.69) is 0 Å². The molecule has 2 N–H and O–H groups in total. The van der Waals surface area contributed by atoms with Crippen LogP contribution in [0, 0.1) is 0 Å². The van der Waals surface area contributed by atoms with Gasteiger partial charge in [0, 0.05) is 19.6 Å². The van der Waals surface area contributed by atoms with Crippen molar-refractivity contribution in [2.75, 3.05) is 19.8 Å². The van der Waals surface area contributed by atoms with Gasteiger partial charge < -0.3 is 15.2 Å². The van der Waals surface area contributed by atoms with Crippen molar-refractivity contribution in [3.8, 4) is 0 Å². The lowest BCUT2D eigenvalue weighted by Gasteiger charge is -2.22. The average Bonchev–Trinajstić information content (AvgIpc) is 2.62. The van der Waals surface area contributed by atoms with Gasteiger partial charge in [0.1, 0.15) is 5.60 Å². The molecular weight excluding hydrogens is 234 g/mol. The molecule has 16 heavy (non-hydrogen) atoms. The first-order valence-corrected chi connectivity index (χ1v) is 4.52. The second kappa shape index (κ2) is 4.54. The highest BCUT2D eigenvalue weighted by Crippen LogP contribution is 2.23. The number of amides is 1. The van der Waals surface area contributed by atoms with Crippen LogP contribution in [0.2, 0.25) is 0 Å². The topological polar surface area (TPSA) is 58.6 Å². The molecular formula is C8H11F4NO3. The first-order chi connectivity index (χ1) is 7.28. The predicted octanol–water partition coefficient (Wildman–Crippen LogP) is 0.154. The Hall–Kier alpha value is -0.890. The van der Waals surface area contributed by atoms with Crippen molar-refractivity contribution >= 4 is 5.91 Å². The van der Waals surface area contributed by atoms with Gasteiger partial charge in [-0.15, -0.1) is 0 Å². The lowest BCUT2D eigenvalue weighted by Crippen LogP contribution is -2.51. The summed E-state index contributed by atoms with van der Waals surface area (Å²) in [5, 5.41) is 11.2. The lowest BCUT2D eigenvalue weighted by atomic mass is 10.0. The van der Waals surface area contributed by atoms with E-state index in [4.69, 9.17) is 4.74 Å². The molecule has 1 heterocycles. The number of hydrogen-bond donors (Lipinski definition) is 2. The van der Waals surface area contributed by atoms with Crippen LogP contribution in [0.1, 0.15) is 6.42 Å². The molecule has 0 aromatic carbocycles. The van der Waals surface area contributed by atoms with E-state index in [0.717, 1.165) is 0 Å². The van der Waals surface area contributed by atoms with Crippen LogP contribution in [0.25, 0.3) is 0 Å². The minimum atomic E-state index is -4.74. The zero-order valence-corrected chi connectivity index (χ0v) is 8.18. The number of ether oxygens (including phenoxy) is 1. The summed E-state index contributed by atoms with van der Waals surface area (Å²) < 4.78 is 53.2. The van der Waals surface area contributed by atoms with Crippen LogP contribution in [0.4, 0.5) is 17.6 Å². The maximum atomic E-state index is 12.5. The van der Waals surface area contributed by atoms with Gasteiger partial charge in [0.05, 0.1) is 6.61 Å². The second-order valence-corrected chi connectivity index (χ2v) is 3.63. The van der Waals surface area contributed by atoms with Crippen molar-refractivity contribution in [2.24, 2.45) is 0 Å². The van der Waals surface area contributed by atoms with Crippen LogP contribution in [0.15, 0.2) is 0 Å². The molecule has 0 aromatic heterocycles. The molecule has 1 aliphatic heterocycles. The van der Waals surface area contributed by atoms with E-state index in [9.17, 15) is 27.5 Å². The molecule has 94 valence electrons. The van der Waals surface area contributed by atoms with Crippen LogP contribution in [0.3, 0.4) is 0 Å². The van der Waals surface area contributed by atoms with Crippen LogP contribution in [-0.4, -0.2) is 48.7 Å². The maximum Gasteiger partial charge on any atom is 0.383 e. The van der Waals surface area contributed by atoms with Gasteiger partial charge in [-0.1, -0.05) is 0 Å². The van der Waals surface area contributed by atoms with E-state index in [-0.39, 0.29) is 19.6 Å². The monoisotopic (exact) mass is 245 g/mol. The molecule has 8 heteroatoms. The minimum absolute atomic E-state index is 0.118. The molecule has 1 fully saturated rings. The van der Waals surface area contributed by atoms with Gasteiger partial charge in [0.2, 0.25) is 0 Å². The highest BCUT2D eigenvalue weighted by molar-refractivity contribution is 5.83. The highest BCUT2D eigenvalue weighted by Gasteiger charge is 2.49. The molecule has 0 saturated carbocycles. The lowest BCUT2D eigenvalue weighted by molar-refractivity contribution is -0.170. The van der Waals surface area contributed by atoms with Gasteiger partial charge in [-0.05, 0) is 0 Å². The summed E-state index contributed by atoms with van der Waals surface area (Å²) in [7, 11) is 0. The van der Waals surface area contributed by atoms with Crippen LogP contribution >= 0.6 is 0 Å². The minimum Gasteiger partial charge on any atom is -0.386 e. The molecule has 0 spiro atoms. The Balaban J connectivity index is 2.46. The van der Waals surface area contributed by atoms with Crippen molar-refractivity contribution in [1.82, 2.24) is 5.32 Å². The fourth-order valence-electron chi connectivity index (χ4n) is 1.20. The van der Waals surface area contributed by atoms with Gasteiger partial charge in [-0.2, -0.15) is 8.78 Å². The highest BCUT2D eigenvalue weighted by atomic mass is 19.3. The van der Waals surface area contributed by atoms with E-state index in [1.54, 1.807) is 5.32 Å². The Morgan fingerprint density at radius 1 is 1.56 bits per heavy atom. The Labute approximate surface area is 88.6 Å². The molecule has 1 unspecified atom stereocenters. The standard InChI is InChI=1S/C8H11F4NO3/c9-5(10)8(11,12)6(14)13-3-7(15)1-2-16-4-7/h5,15H,1-4H2,(H,13,14). The van der Waals surface area contributed by atoms with E-state index >= 15 is 0 Å². The molecule has 0 radical (unpaired) electrons. The summed E-state index contributed by atoms with van der Waals surface area (Å²) in [6, 6.07) is 0. The molecule has 0 aromatic rings. The summed E-state index contributed by atoms with van der Waals surface area (Å²) in [6.07, 6.45) is -3.91. The molecule has 1 aliphatic rings. The van der Waals surface area contributed by atoms with Gasteiger partial charge >= 0.3 is 12.3 Å². The predicted molar refractivity (Wildman–Crippen MR) is 44.3 cm³/mol. The van der Waals surface area contributed by atoms with Crippen molar-refractivity contribution in [3.63, 3.8) is 0 Å². The third-order valence-corrected chi connectivity index (χ3v) is 2.24. The third kappa shape index (κ3) is 2.82. The number of hydrogen-bond acceptors (Lipinski definition) is 3. The molecule has 0 bridgehead atoms. The van der Waals surface area contributed by atoms with E-state index < -0.39 is 30.4 Å².